The quantitative estimate of drug-likeness (QED) is 0.455. The first-order valence-electron chi connectivity index (χ1n) is 9.05. The van der Waals surface area contributed by atoms with E-state index in [1.54, 1.807) is 30.5 Å². The maximum atomic E-state index is 12.3. The smallest absolute Gasteiger partial charge is 0.269 e. The number of nitro groups is 1. The molecule has 0 atom stereocenters. The van der Waals surface area contributed by atoms with E-state index in [4.69, 9.17) is 11.6 Å². The van der Waals surface area contributed by atoms with Crippen LogP contribution in [-0.2, 0) is 11.3 Å². The number of likely N-dealkylation sites (tertiary alicyclic amines) is 1. The van der Waals surface area contributed by atoms with Crippen LogP contribution in [0.3, 0.4) is 0 Å². The lowest BCUT2D eigenvalue weighted by atomic mass is 9.96. The largest absolute Gasteiger partial charge is 0.299 e. The van der Waals surface area contributed by atoms with Crippen LogP contribution in [0.5, 0.6) is 0 Å². The molecule has 2 aromatic carbocycles. The highest BCUT2D eigenvalue weighted by atomic mass is 35.5. The van der Waals surface area contributed by atoms with Crippen molar-refractivity contribution in [3.05, 3.63) is 74.8 Å². The average Bonchev–Trinajstić information content (AvgIpc) is 2.69. The Hall–Kier alpha value is -2.77. The van der Waals surface area contributed by atoms with E-state index in [0.29, 0.717) is 5.02 Å². The fourth-order valence-corrected chi connectivity index (χ4v) is 3.38. The van der Waals surface area contributed by atoms with E-state index >= 15 is 0 Å². The molecule has 146 valence electrons. The predicted octanol–water partition coefficient (Wildman–Crippen LogP) is 3.61. The number of nitro benzene ring substituents is 1. The molecule has 1 heterocycles. The highest BCUT2D eigenvalue weighted by Gasteiger charge is 2.24. The second-order valence-corrected chi connectivity index (χ2v) is 7.20. The summed E-state index contributed by atoms with van der Waals surface area (Å²) in [7, 11) is 0. The van der Waals surface area contributed by atoms with Crippen LogP contribution in [0.15, 0.2) is 53.6 Å². The Balaban J connectivity index is 1.44. The van der Waals surface area contributed by atoms with Gasteiger partial charge in [0.2, 0.25) is 5.91 Å². The van der Waals surface area contributed by atoms with Gasteiger partial charge in [-0.25, -0.2) is 5.43 Å². The number of non-ortho nitro benzene ring substituents is 1. The Morgan fingerprint density at radius 3 is 2.61 bits per heavy atom. The molecule has 0 unspecified atom stereocenters. The molecule has 0 aliphatic carbocycles. The number of piperidine rings is 1. The van der Waals surface area contributed by atoms with Gasteiger partial charge in [0.25, 0.3) is 5.69 Å². The number of nitrogens with one attached hydrogen (secondary N) is 1. The molecule has 1 amide bonds. The lowest BCUT2D eigenvalue weighted by molar-refractivity contribution is -0.384. The Labute approximate surface area is 168 Å². The molecule has 0 radical (unpaired) electrons. The van der Waals surface area contributed by atoms with Crippen molar-refractivity contribution in [2.45, 2.75) is 19.4 Å². The zero-order valence-electron chi connectivity index (χ0n) is 15.3. The van der Waals surface area contributed by atoms with Gasteiger partial charge in [-0.1, -0.05) is 35.9 Å². The van der Waals surface area contributed by atoms with E-state index in [9.17, 15) is 14.9 Å². The number of carbonyl (C=O) groups excluding carboxylic acids is 1. The minimum absolute atomic E-state index is 0.0652. The predicted molar refractivity (Wildman–Crippen MR) is 108 cm³/mol. The number of nitrogens with zero attached hydrogens (tertiary/aromatic N) is 3. The second-order valence-electron chi connectivity index (χ2n) is 6.76. The van der Waals surface area contributed by atoms with Gasteiger partial charge in [0.1, 0.15) is 0 Å². The normalized spacial score (nSPS) is 15.6. The maximum absolute atomic E-state index is 12.3. The second kappa shape index (κ2) is 9.43. The summed E-state index contributed by atoms with van der Waals surface area (Å²) in [6.45, 7) is 2.32. The summed E-state index contributed by atoms with van der Waals surface area (Å²) >= 11 is 5.92. The standard InChI is InChI=1S/C20H21ClN4O3/c21-18-3-1-2-16(12-18)13-22-23-20(26)17-8-10-24(11-9-17)14-15-4-6-19(7-5-15)25(27)28/h1-7,12-13,17H,8-11,14H2,(H,23,26)/b22-13+. The van der Waals surface area contributed by atoms with Crippen LogP contribution in [-0.4, -0.2) is 35.0 Å². The van der Waals surface area contributed by atoms with E-state index in [1.165, 1.54) is 12.1 Å². The summed E-state index contributed by atoms with van der Waals surface area (Å²) in [5, 5.41) is 15.4. The van der Waals surface area contributed by atoms with Gasteiger partial charge in [0.15, 0.2) is 0 Å². The van der Waals surface area contributed by atoms with Gasteiger partial charge < -0.3 is 0 Å². The molecular formula is C20H21ClN4O3. The van der Waals surface area contributed by atoms with E-state index < -0.39 is 4.92 Å². The molecule has 1 N–H and O–H groups in total. The third kappa shape index (κ3) is 5.61. The molecule has 1 aliphatic rings. The zero-order chi connectivity index (χ0) is 19.9. The first-order valence-corrected chi connectivity index (χ1v) is 9.43. The lowest BCUT2D eigenvalue weighted by Crippen LogP contribution is -2.39. The average molecular weight is 401 g/mol. The van der Waals surface area contributed by atoms with Crippen LogP contribution in [0, 0.1) is 16.0 Å². The number of rotatable bonds is 6. The van der Waals surface area contributed by atoms with Gasteiger partial charge in [-0.3, -0.25) is 19.8 Å². The minimum Gasteiger partial charge on any atom is -0.299 e. The number of amides is 1. The molecular weight excluding hydrogens is 380 g/mol. The van der Waals surface area contributed by atoms with Crippen LogP contribution >= 0.6 is 11.6 Å². The first kappa shape index (κ1) is 20.0. The SMILES string of the molecule is O=C(N/N=C/c1cccc(Cl)c1)C1CCN(Cc2ccc([N+](=O)[O-])cc2)CC1. The molecule has 1 saturated heterocycles. The third-order valence-electron chi connectivity index (χ3n) is 4.75. The van der Waals surface area contributed by atoms with Gasteiger partial charge in [-0.2, -0.15) is 5.10 Å². The molecule has 0 aromatic heterocycles. The van der Waals surface area contributed by atoms with Crippen molar-refractivity contribution in [2.24, 2.45) is 11.0 Å². The summed E-state index contributed by atoms with van der Waals surface area (Å²) in [4.78, 5) is 24.9. The molecule has 7 nitrogen and oxygen atoms in total. The molecule has 0 spiro atoms. The Kier molecular flexibility index (Phi) is 6.73. The molecule has 1 aliphatic heterocycles. The summed E-state index contributed by atoms with van der Waals surface area (Å²) in [6, 6.07) is 13.8. The summed E-state index contributed by atoms with van der Waals surface area (Å²) in [6.07, 6.45) is 3.09. The van der Waals surface area contributed by atoms with Crippen molar-refractivity contribution in [1.82, 2.24) is 10.3 Å². The van der Waals surface area contributed by atoms with Crippen molar-refractivity contribution in [2.75, 3.05) is 13.1 Å². The van der Waals surface area contributed by atoms with E-state index in [1.807, 2.05) is 12.1 Å². The molecule has 3 rings (SSSR count). The van der Waals surface area contributed by atoms with Crippen LogP contribution in [0.25, 0.3) is 0 Å². The van der Waals surface area contributed by atoms with Gasteiger partial charge in [0.05, 0.1) is 11.1 Å². The topological polar surface area (TPSA) is 87.8 Å². The van der Waals surface area contributed by atoms with Gasteiger partial charge in [-0.05, 0) is 49.2 Å². The van der Waals surface area contributed by atoms with Crippen molar-refractivity contribution in [1.29, 1.82) is 0 Å². The van der Waals surface area contributed by atoms with Crippen LogP contribution in [0.2, 0.25) is 5.02 Å². The fraction of sp³-hybridized carbons (Fsp3) is 0.300. The molecule has 28 heavy (non-hydrogen) atoms. The number of benzene rings is 2. The Morgan fingerprint density at radius 2 is 1.96 bits per heavy atom. The van der Waals surface area contributed by atoms with Crippen molar-refractivity contribution < 1.29 is 9.72 Å². The number of halogens is 1. The highest BCUT2D eigenvalue weighted by Crippen LogP contribution is 2.20. The molecule has 1 fully saturated rings. The number of carbonyl (C=O) groups is 1. The summed E-state index contributed by atoms with van der Waals surface area (Å²) < 4.78 is 0. The van der Waals surface area contributed by atoms with Gasteiger partial charge in [-0.15, -0.1) is 0 Å². The van der Waals surface area contributed by atoms with Crippen LogP contribution in [0.4, 0.5) is 5.69 Å². The summed E-state index contributed by atoms with van der Waals surface area (Å²) in [5.41, 5.74) is 4.55. The van der Waals surface area contributed by atoms with E-state index in [0.717, 1.165) is 43.6 Å². The summed E-state index contributed by atoms with van der Waals surface area (Å²) in [5.74, 6) is -0.141. The van der Waals surface area contributed by atoms with E-state index in [-0.39, 0.29) is 17.5 Å². The molecule has 0 saturated carbocycles. The molecule has 8 heteroatoms. The number of hydrogen-bond acceptors (Lipinski definition) is 5. The van der Waals surface area contributed by atoms with Crippen LogP contribution < -0.4 is 5.43 Å². The first-order chi connectivity index (χ1) is 13.5. The minimum atomic E-state index is -0.400. The van der Waals surface area contributed by atoms with Crippen molar-refractivity contribution in [3.63, 3.8) is 0 Å². The molecule has 0 bridgehead atoms. The van der Waals surface area contributed by atoms with E-state index in [2.05, 4.69) is 15.4 Å². The lowest BCUT2D eigenvalue weighted by Gasteiger charge is -2.30. The van der Waals surface area contributed by atoms with Gasteiger partial charge >= 0.3 is 0 Å². The Bertz CT molecular complexity index is 862. The monoisotopic (exact) mass is 400 g/mol. The number of hydrogen-bond donors (Lipinski definition) is 1. The van der Waals surface area contributed by atoms with Crippen molar-refractivity contribution >= 4 is 29.4 Å². The maximum Gasteiger partial charge on any atom is 0.269 e. The zero-order valence-corrected chi connectivity index (χ0v) is 16.0. The Morgan fingerprint density at radius 1 is 1.25 bits per heavy atom. The van der Waals surface area contributed by atoms with Gasteiger partial charge in [0, 0.05) is 29.6 Å². The van der Waals surface area contributed by atoms with Crippen molar-refractivity contribution in [3.8, 4) is 0 Å². The highest BCUT2D eigenvalue weighted by molar-refractivity contribution is 6.30. The fourth-order valence-electron chi connectivity index (χ4n) is 3.18. The number of hydrazone groups is 1. The third-order valence-corrected chi connectivity index (χ3v) is 4.98. The van der Waals surface area contributed by atoms with Crippen LogP contribution in [0.1, 0.15) is 24.0 Å². The molecule has 2 aromatic rings.